The van der Waals surface area contributed by atoms with Crippen LogP contribution in [-0.4, -0.2) is 43.4 Å². The first kappa shape index (κ1) is 31.8. The molecule has 0 aliphatic carbocycles. The topological polar surface area (TPSA) is 85.1 Å². The van der Waals surface area contributed by atoms with Crippen molar-refractivity contribution in [1.29, 1.82) is 0 Å². The van der Waals surface area contributed by atoms with Crippen molar-refractivity contribution in [2.45, 2.75) is 50.5 Å². The van der Waals surface area contributed by atoms with E-state index in [-0.39, 0.29) is 37.0 Å². The number of carbonyl (C=O) groups is 2. The fourth-order valence-corrected chi connectivity index (χ4v) is 4.62. The molecule has 1 heterocycles. The molecule has 0 fully saturated rings. The number of methoxy groups -OCH3 is 1. The summed E-state index contributed by atoms with van der Waals surface area (Å²) in [5.74, 6) is 0. The van der Waals surface area contributed by atoms with Crippen molar-refractivity contribution >= 4 is 17.8 Å². The molecule has 0 bridgehead atoms. The highest BCUT2D eigenvalue weighted by Gasteiger charge is 2.43. The van der Waals surface area contributed by atoms with Crippen LogP contribution in [0.4, 0.5) is 54.8 Å². The quantitative estimate of drug-likeness (QED) is 0.372. The van der Waals surface area contributed by atoms with Gasteiger partial charge in [0.15, 0.2) is 0 Å². The molecule has 0 saturated heterocycles. The van der Waals surface area contributed by atoms with Gasteiger partial charge >= 0.3 is 30.7 Å². The Kier molecular flexibility index (Phi) is 9.05. The number of benzene rings is 2. The number of fused-ring (bicyclic) bond motifs is 1. The molecule has 2 atom stereocenters. The maximum Gasteiger partial charge on any atom is 0.416 e. The fraction of sp³-hybridized carbons (Fsp3) is 0.440. The second-order valence-corrected chi connectivity index (χ2v) is 9.08. The van der Waals surface area contributed by atoms with Crippen LogP contribution in [0.1, 0.15) is 47.2 Å². The van der Waals surface area contributed by atoms with E-state index >= 15 is 0 Å². The molecule has 1 aliphatic heterocycles. The third-order valence-electron chi connectivity index (χ3n) is 6.32. The van der Waals surface area contributed by atoms with Crippen LogP contribution in [0.5, 0.6) is 0 Å². The Morgan fingerprint density at radius 3 is 1.95 bits per heavy atom. The number of halogens is 9. The van der Waals surface area contributed by atoms with Crippen LogP contribution in [0.2, 0.25) is 0 Å². The largest absolute Gasteiger partial charge is 0.449 e. The van der Waals surface area contributed by atoms with E-state index in [0.29, 0.717) is 29.2 Å². The minimum atomic E-state index is -5.18. The summed E-state index contributed by atoms with van der Waals surface area (Å²) in [6.45, 7) is 0.244. The van der Waals surface area contributed by atoms with Gasteiger partial charge in [0.1, 0.15) is 0 Å². The Labute approximate surface area is 227 Å². The van der Waals surface area contributed by atoms with Gasteiger partial charge in [-0.05, 0) is 60.9 Å². The molecule has 1 aliphatic rings. The molecule has 3 amide bonds. The zero-order valence-corrected chi connectivity index (χ0v) is 21.5. The number of anilines is 1. The fourth-order valence-electron chi connectivity index (χ4n) is 4.62. The molecule has 0 aromatic heterocycles. The maximum atomic E-state index is 13.6. The molecule has 2 N–H and O–H groups in total. The van der Waals surface area contributed by atoms with E-state index in [0.717, 1.165) is 11.0 Å². The molecular weight excluding hydrogens is 577 g/mol. The molecule has 3 rings (SSSR count). The van der Waals surface area contributed by atoms with Gasteiger partial charge in [-0.1, -0.05) is 0 Å². The van der Waals surface area contributed by atoms with Gasteiger partial charge in [0.2, 0.25) is 0 Å². The third-order valence-corrected chi connectivity index (χ3v) is 6.32. The highest BCUT2D eigenvalue weighted by molar-refractivity contribution is 5.90. The Balaban J connectivity index is 2.21. The van der Waals surface area contributed by atoms with Crippen LogP contribution in [0.3, 0.4) is 0 Å². The summed E-state index contributed by atoms with van der Waals surface area (Å²) >= 11 is 0. The Morgan fingerprint density at radius 1 is 0.927 bits per heavy atom. The summed E-state index contributed by atoms with van der Waals surface area (Å²) in [4.78, 5) is 27.1. The van der Waals surface area contributed by atoms with Crippen LogP contribution in [0.25, 0.3) is 0 Å². The van der Waals surface area contributed by atoms with E-state index in [1.54, 1.807) is 0 Å². The van der Waals surface area contributed by atoms with Crippen molar-refractivity contribution in [3.05, 3.63) is 64.2 Å². The highest BCUT2D eigenvalue weighted by atomic mass is 19.4. The van der Waals surface area contributed by atoms with Crippen molar-refractivity contribution in [1.82, 2.24) is 4.90 Å². The van der Waals surface area contributed by atoms with Crippen LogP contribution < -0.4 is 10.6 Å². The summed E-state index contributed by atoms with van der Waals surface area (Å²) in [5.41, 5.74) is -0.0397. The SMILES string of the molecule is CCOC(=O)N1c2ccc(C(F)(F)F)cc2[C@H](N(Cc2cc(C(F)(F)F)cc(C(F)(F)F)c2)C(N)=O)C[C@@H]1COC. The number of amides is 3. The van der Waals surface area contributed by atoms with Crippen LogP contribution >= 0.6 is 0 Å². The predicted octanol–water partition coefficient (Wildman–Crippen LogP) is 6.75. The van der Waals surface area contributed by atoms with E-state index in [4.69, 9.17) is 15.2 Å². The van der Waals surface area contributed by atoms with Crippen LogP contribution in [-0.2, 0) is 34.5 Å². The maximum absolute atomic E-state index is 13.6. The van der Waals surface area contributed by atoms with Crippen molar-refractivity contribution in [2.24, 2.45) is 5.73 Å². The molecule has 2 aromatic carbocycles. The number of nitrogens with two attached hydrogens (primary N) is 1. The first-order chi connectivity index (χ1) is 18.9. The molecule has 0 spiro atoms. The lowest BCUT2D eigenvalue weighted by molar-refractivity contribution is -0.143. The van der Waals surface area contributed by atoms with Gasteiger partial charge in [0, 0.05) is 13.7 Å². The number of hydrogen-bond donors (Lipinski definition) is 1. The predicted molar refractivity (Wildman–Crippen MR) is 126 cm³/mol. The summed E-state index contributed by atoms with van der Waals surface area (Å²) in [5, 5.41) is 0. The number of nitrogens with zero attached hydrogens (tertiary/aromatic N) is 2. The Bertz CT molecular complexity index is 1250. The van der Waals surface area contributed by atoms with E-state index in [9.17, 15) is 49.1 Å². The molecule has 0 radical (unpaired) electrons. The first-order valence-corrected chi connectivity index (χ1v) is 11.9. The molecule has 0 unspecified atom stereocenters. The monoisotopic (exact) mass is 601 g/mol. The van der Waals surface area contributed by atoms with Crippen LogP contribution in [0, 0.1) is 0 Å². The molecule has 2 aromatic rings. The molecule has 41 heavy (non-hydrogen) atoms. The van der Waals surface area contributed by atoms with Gasteiger partial charge < -0.3 is 20.1 Å². The molecule has 0 saturated carbocycles. The lowest BCUT2D eigenvalue weighted by Crippen LogP contribution is -2.51. The lowest BCUT2D eigenvalue weighted by atomic mass is 9.88. The van der Waals surface area contributed by atoms with Crippen molar-refractivity contribution in [3.8, 4) is 0 Å². The third kappa shape index (κ3) is 7.15. The number of primary amides is 1. The molecule has 16 heteroatoms. The van der Waals surface area contributed by atoms with Crippen molar-refractivity contribution in [3.63, 3.8) is 0 Å². The Morgan fingerprint density at radius 2 is 1.49 bits per heavy atom. The van der Waals surface area contributed by atoms with E-state index in [2.05, 4.69) is 0 Å². The second-order valence-electron chi connectivity index (χ2n) is 9.08. The van der Waals surface area contributed by atoms with E-state index < -0.39 is 71.5 Å². The molecule has 226 valence electrons. The summed E-state index contributed by atoms with van der Waals surface area (Å²) in [7, 11) is 1.26. The zero-order valence-electron chi connectivity index (χ0n) is 21.5. The minimum Gasteiger partial charge on any atom is -0.449 e. The van der Waals surface area contributed by atoms with Gasteiger partial charge in [-0.2, -0.15) is 39.5 Å². The summed E-state index contributed by atoms with van der Waals surface area (Å²) < 4.78 is 132. The summed E-state index contributed by atoms with van der Waals surface area (Å²) in [6.07, 6.45) is -16.5. The number of carbonyl (C=O) groups excluding carboxylic acids is 2. The lowest BCUT2D eigenvalue weighted by Gasteiger charge is -2.43. The van der Waals surface area contributed by atoms with E-state index in [1.165, 1.54) is 14.0 Å². The molecule has 7 nitrogen and oxygen atoms in total. The Hall–Kier alpha value is -3.69. The van der Waals surface area contributed by atoms with Gasteiger partial charge in [-0.3, -0.25) is 4.90 Å². The van der Waals surface area contributed by atoms with Crippen molar-refractivity contribution < 1.29 is 58.6 Å². The highest BCUT2D eigenvalue weighted by Crippen LogP contribution is 2.45. The second kappa shape index (κ2) is 11.7. The first-order valence-electron chi connectivity index (χ1n) is 11.9. The standard InChI is InChI=1S/C25H24F9N3O4/c1-3-41-22(39)37-17(12-40-2)10-20(18-9-14(23(26,27)28)4-5-19(18)37)36(21(35)38)11-13-6-15(24(29,30)31)8-16(7-13)25(32,33)34/h4-9,17,20H,3,10-12H2,1-2H3,(H2,35,38)/t17-,20-/m1/s1. The number of rotatable bonds is 6. The van der Waals surface area contributed by atoms with Gasteiger partial charge in [0.05, 0.1) is 47.7 Å². The average Bonchev–Trinajstić information content (AvgIpc) is 2.85. The van der Waals surface area contributed by atoms with Crippen LogP contribution in [0.15, 0.2) is 36.4 Å². The number of hydrogen-bond acceptors (Lipinski definition) is 4. The van der Waals surface area contributed by atoms with Crippen molar-refractivity contribution in [2.75, 3.05) is 25.2 Å². The average molecular weight is 601 g/mol. The number of alkyl halides is 9. The summed E-state index contributed by atoms with van der Waals surface area (Å²) in [6, 6.07) is -0.791. The number of ether oxygens (including phenoxy) is 2. The normalized spacial score (nSPS) is 17.7. The van der Waals surface area contributed by atoms with Gasteiger partial charge in [0.25, 0.3) is 0 Å². The van der Waals surface area contributed by atoms with Gasteiger partial charge in [-0.15, -0.1) is 0 Å². The minimum absolute atomic E-state index is 0.0983. The zero-order chi connectivity index (χ0) is 30.9. The van der Waals surface area contributed by atoms with E-state index in [1.807, 2.05) is 0 Å². The van der Waals surface area contributed by atoms with Gasteiger partial charge in [-0.25, -0.2) is 9.59 Å². The number of urea groups is 1. The molecular formula is C25H24F9N3O4. The smallest absolute Gasteiger partial charge is 0.416 e.